The summed E-state index contributed by atoms with van der Waals surface area (Å²) in [7, 11) is 0. The van der Waals surface area contributed by atoms with Crippen LogP contribution >= 0.6 is 0 Å². The van der Waals surface area contributed by atoms with Crippen LogP contribution in [0, 0.1) is 0 Å². The highest BCUT2D eigenvalue weighted by molar-refractivity contribution is 5.89. The summed E-state index contributed by atoms with van der Waals surface area (Å²) in [5, 5.41) is 51.8. The van der Waals surface area contributed by atoms with Gasteiger partial charge in [0.1, 0.15) is 31.2 Å². The number of hydrogen-bond acceptors (Lipinski definition) is 9. The number of aromatic amines is 1. The minimum Gasteiger partial charge on any atom is -0.486 e. The Kier molecular flexibility index (Phi) is 6.11. The Hall–Kier alpha value is -2.86. The third-order valence-electron chi connectivity index (χ3n) is 6.28. The highest BCUT2D eigenvalue weighted by Crippen LogP contribution is 2.37. The third kappa shape index (κ3) is 3.98. The van der Waals surface area contributed by atoms with E-state index in [1.165, 1.54) is 0 Å². The van der Waals surface area contributed by atoms with E-state index in [1.54, 1.807) is 12.1 Å². The predicted molar refractivity (Wildman–Crippen MR) is 119 cm³/mol. The molecule has 10 nitrogen and oxygen atoms in total. The Morgan fingerprint density at radius 2 is 1.82 bits per heavy atom. The fourth-order valence-electron chi connectivity index (χ4n) is 4.40. The first-order chi connectivity index (χ1) is 16.4. The number of H-pyrrole nitrogens is 1. The molecule has 3 heterocycles. The van der Waals surface area contributed by atoms with Crippen LogP contribution in [0.5, 0.6) is 17.2 Å². The average Bonchev–Trinajstić information content (AvgIpc) is 3.28. The summed E-state index contributed by atoms with van der Waals surface area (Å²) < 4.78 is 22.0. The topological polar surface area (TPSA) is 154 Å². The zero-order valence-electron chi connectivity index (χ0n) is 18.3. The van der Waals surface area contributed by atoms with Gasteiger partial charge < -0.3 is 49.5 Å². The maximum Gasteiger partial charge on any atom is 0.288 e. The Bertz CT molecular complexity index is 1160. The first-order valence-corrected chi connectivity index (χ1v) is 11.1. The van der Waals surface area contributed by atoms with Crippen molar-refractivity contribution in [2.75, 3.05) is 19.8 Å². The van der Waals surface area contributed by atoms with Gasteiger partial charge >= 0.3 is 0 Å². The fraction of sp³-hybridized carbons (Fsp3) is 0.417. The summed E-state index contributed by atoms with van der Waals surface area (Å²) in [6, 6.07) is 10.9. The van der Waals surface area contributed by atoms with E-state index in [1.807, 2.05) is 30.5 Å². The number of ether oxygens (including phenoxy) is 4. The normalized spacial score (nSPS) is 28.7. The lowest BCUT2D eigenvalue weighted by Crippen LogP contribution is -2.69. The van der Waals surface area contributed by atoms with Gasteiger partial charge in [0.2, 0.25) is 6.29 Å². The van der Waals surface area contributed by atoms with Crippen molar-refractivity contribution >= 4 is 10.9 Å². The second-order valence-electron chi connectivity index (χ2n) is 8.47. The molecule has 1 fully saturated rings. The van der Waals surface area contributed by atoms with Crippen molar-refractivity contribution in [1.82, 2.24) is 4.98 Å². The van der Waals surface area contributed by atoms with Crippen molar-refractivity contribution in [3.63, 3.8) is 0 Å². The Labute approximate surface area is 194 Å². The maximum absolute atomic E-state index is 10.9. The molecule has 10 heteroatoms. The van der Waals surface area contributed by atoms with Gasteiger partial charge in [-0.1, -0.05) is 12.1 Å². The fourth-order valence-corrected chi connectivity index (χ4v) is 4.40. The molecule has 0 spiro atoms. The van der Waals surface area contributed by atoms with Gasteiger partial charge in [-0.15, -0.1) is 0 Å². The molecule has 2 aliphatic rings. The third-order valence-corrected chi connectivity index (χ3v) is 6.28. The lowest BCUT2D eigenvalue weighted by Gasteiger charge is -2.45. The zero-order valence-corrected chi connectivity index (χ0v) is 18.3. The molecule has 1 aromatic heterocycles. The van der Waals surface area contributed by atoms with Gasteiger partial charge in [0.05, 0.1) is 6.61 Å². The lowest BCUT2D eigenvalue weighted by atomic mass is 9.95. The summed E-state index contributed by atoms with van der Waals surface area (Å²) in [6.07, 6.45) is -3.72. The van der Waals surface area contributed by atoms with Crippen LogP contribution in [-0.4, -0.2) is 80.7 Å². The quantitative estimate of drug-likeness (QED) is 0.276. The lowest BCUT2D eigenvalue weighted by molar-refractivity contribution is -0.385. The van der Waals surface area contributed by atoms with Gasteiger partial charge in [0.25, 0.3) is 5.79 Å². The molecule has 0 aliphatic carbocycles. The van der Waals surface area contributed by atoms with Crippen molar-refractivity contribution in [2.45, 2.75) is 43.2 Å². The average molecular weight is 473 g/mol. The molecule has 6 N–H and O–H groups in total. The minimum atomic E-state index is -2.65. The standard InChI is InChI=1S/C24H27NO9/c26-12-19-21(27)22(28)24(30,23(29)33-19)34-17-3-1-2-15-20(17)14(11-25-15)6-4-13-5-7-16-18(10-13)32-9-8-31-16/h1-3,5,7,10-11,19,21-23,25-30H,4,6,8-9,12H2/t19-,21-,22+,23?,24+/m1/s1. The molecule has 1 unspecified atom stereocenters. The van der Waals surface area contributed by atoms with Gasteiger partial charge in [-0.25, -0.2) is 0 Å². The van der Waals surface area contributed by atoms with Crippen LogP contribution in [0.2, 0.25) is 0 Å². The zero-order chi connectivity index (χ0) is 23.9. The van der Waals surface area contributed by atoms with Crippen LogP contribution in [0.3, 0.4) is 0 Å². The number of hydrogen-bond donors (Lipinski definition) is 6. The van der Waals surface area contributed by atoms with Crippen LogP contribution in [0.4, 0.5) is 0 Å². The molecule has 1 saturated heterocycles. The molecule has 5 atom stereocenters. The van der Waals surface area contributed by atoms with Gasteiger partial charge in [0.15, 0.2) is 17.6 Å². The van der Waals surface area contributed by atoms with Gasteiger partial charge in [-0.3, -0.25) is 0 Å². The summed E-state index contributed by atoms with van der Waals surface area (Å²) in [5.74, 6) is -1.02. The number of aliphatic hydroxyl groups is 5. The molecule has 2 aromatic carbocycles. The molecule has 5 rings (SSSR count). The van der Waals surface area contributed by atoms with Gasteiger partial charge in [-0.05, 0) is 48.2 Å². The molecule has 0 saturated carbocycles. The number of rotatable bonds is 6. The Morgan fingerprint density at radius 1 is 1.03 bits per heavy atom. The van der Waals surface area contributed by atoms with Gasteiger partial charge in [0, 0.05) is 17.1 Å². The Balaban J connectivity index is 1.40. The van der Waals surface area contributed by atoms with Crippen molar-refractivity contribution in [3.8, 4) is 17.2 Å². The van der Waals surface area contributed by atoms with E-state index in [-0.39, 0.29) is 5.75 Å². The molecule has 0 amide bonds. The molecular weight excluding hydrogens is 446 g/mol. The van der Waals surface area contributed by atoms with E-state index in [9.17, 15) is 25.5 Å². The van der Waals surface area contributed by atoms with Crippen LogP contribution < -0.4 is 14.2 Å². The number of aliphatic hydroxyl groups excluding tert-OH is 4. The van der Waals surface area contributed by atoms with Gasteiger partial charge in [-0.2, -0.15) is 0 Å². The van der Waals surface area contributed by atoms with E-state index in [4.69, 9.17) is 18.9 Å². The van der Waals surface area contributed by atoms with E-state index in [0.717, 1.165) is 22.4 Å². The smallest absolute Gasteiger partial charge is 0.288 e. The molecule has 3 aromatic rings. The summed E-state index contributed by atoms with van der Waals surface area (Å²) in [6.45, 7) is 0.392. The molecular formula is C24H27NO9. The summed E-state index contributed by atoms with van der Waals surface area (Å²) in [5.41, 5.74) is 2.67. The molecule has 0 bridgehead atoms. The van der Waals surface area contributed by atoms with Crippen LogP contribution in [0.1, 0.15) is 11.1 Å². The Morgan fingerprint density at radius 3 is 2.62 bits per heavy atom. The summed E-state index contributed by atoms with van der Waals surface area (Å²) >= 11 is 0. The molecule has 34 heavy (non-hydrogen) atoms. The maximum atomic E-state index is 10.9. The SMILES string of the molecule is OC[C@H]1OC(O)[C@@](O)(Oc2cccc3[nH]cc(CCc4ccc5c(c4)OCCO5)c23)[C@@H](O)[C@@H]1O. The first-order valence-electron chi connectivity index (χ1n) is 11.1. The van der Waals surface area contributed by atoms with E-state index in [0.29, 0.717) is 37.2 Å². The van der Waals surface area contributed by atoms with Crippen LogP contribution in [0.25, 0.3) is 10.9 Å². The van der Waals surface area contributed by atoms with Crippen molar-refractivity contribution < 1.29 is 44.5 Å². The van der Waals surface area contributed by atoms with Crippen LogP contribution in [-0.2, 0) is 17.6 Å². The minimum absolute atomic E-state index is 0.190. The summed E-state index contributed by atoms with van der Waals surface area (Å²) in [4.78, 5) is 3.17. The van der Waals surface area contributed by atoms with E-state index in [2.05, 4.69) is 4.98 Å². The second-order valence-corrected chi connectivity index (χ2v) is 8.47. The first kappa shape index (κ1) is 22.9. The van der Waals surface area contributed by atoms with Crippen molar-refractivity contribution in [1.29, 1.82) is 0 Å². The highest BCUT2D eigenvalue weighted by atomic mass is 16.7. The van der Waals surface area contributed by atoms with E-state index < -0.39 is 37.0 Å². The number of benzene rings is 2. The largest absolute Gasteiger partial charge is 0.486 e. The monoisotopic (exact) mass is 473 g/mol. The predicted octanol–water partition coefficient (Wildman–Crippen LogP) is 0.223. The molecule has 0 radical (unpaired) electrons. The van der Waals surface area contributed by atoms with Crippen LogP contribution in [0.15, 0.2) is 42.6 Å². The molecule has 2 aliphatic heterocycles. The number of nitrogens with one attached hydrogen (secondary N) is 1. The van der Waals surface area contributed by atoms with Crippen molar-refractivity contribution in [2.24, 2.45) is 0 Å². The molecule has 182 valence electrons. The van der Waals surface area contributed by atoms with Crippen molar-refractivity contribution in [3.05, 3.63) is 53.7 Å². The van der Waals surface area contributed by atoms with E-state index >= 15 is 0 Å². The highest BCUT2D eigenvalue weighted by Gasteiger charge is 2.57. The number of fused-ring (bicyclic) bond motifs is 2. The number of aromatic nitrogens is 1. The number of aryl methyl sites for hydroxylation is 2. The second kappa shape index (κ2) is 9.06.